The van der Waals surface area contributed by atoms with Gasteiger partial charge in [0.1, 0.15) is 26.3 Å². The van der Waals surface area contributed by atoms with Crippen molar-refractivity contribution in [2.24, 2.45) is 0 Å². The lowest BCUT2D eigenvalue weighted by Crippen LogP contribution is -2.39. The summed E-state index contributed by atoms with van der Waals surface area (Å²) in [7, 11) is 12.3. The SMILES string of the molecule is C[N+](C)(C)CCOC(=O)NCCCCCNC(=O)OCC[N+](C)(C)C. The number of ether oxygens (including phenoxy) is 2. The van der Waals surface area contributed by atoms with E-state index in [4.69, 9.17) is 9.47 Å². The van der Waals surface area contributed by atoms with E-state index in [-0.39, 0.29) is 12.2 Å². The maximum absolute atomic E-state index is 11.5. The number of rotatable bonds is 12. The lowest BCUT2D eigenvalue weighted by atomic mass is 10.2. The number of hydrogen-bond acceptors (Lipinski definition) is 4. The number of hydrogen-bond donors (Lipinski definition) is 2. The number of nitrogens with one attached hydrogen (secondary N) is 2. The summed E-state index contributed by atoms with van der Waals surface area (Å²) in [5, 5.41) is 5.46. The van der Waals surface area contributed by atoms with Crippen LogP contribution in [-0.2, 0) is 9.47 Å². The maximum atomic E-state index is 11.5. The van der Waals surface area contributed by atoms with Crippen LogP contribution in [0.3, 0.4) is 0 Å². The molecule has 25 heavy (non-hydrogen) atoms. The first-order valence-corrected chi connectivity index (χ1v) is 8.92. The van der Waals surface area contributed by atoms with Crippen molar-refractivity contribution in [1.82, 2.24) is 10.6 Å². The van der Waals surface area contributed by atoms with Crippen LogP contribution in [0.5, 0.6) is 0 Å². The lowest BCUT2D eigenvalue weighted by Gasteiger charge is -2.23. The summed E-state index contributed by atoms with van der Waals surface area (Å²) in [6.07, 6.45) is 1.88. The monoisotopic (exact) mass is 362 g/mol. The molecular weight excluding hydrogens is 324 g/mol. The van der Waals surface area contributed by atoms with E-state index in [9.17, 15) is 9.59 Å². The van der Waals surface area contributed by atoms with Gasteiger partial charge in [-0.25, -0.2) is 9.59 Å². The Bertz CT molecular complexity index is 353. The lowest BCUT2D eigenvalue weighted by molar-refractivity contribution is -0.870. The zero-order chi connectivity index (χ0) is 19.3. The van der Waals surface area contributed by atoms with Crippen LogP contribution in [0.1, 0.15) is 19.3 Å². The summed E-state index contributed by atoms with van der Waals surface area (Å²) >= 11 is 0. The average Bonchev–Trinajstić information content (AvgIpc) is 2.43. The third-order valence-electron chi connectivity index (χ3n) is 3.38. The molecule has 148 valence electrons. The van der Waals surface area contributed by atoms with Crippen molar-refractivity contribution in [3.05, 3.63) is 0 Å². The Balaban J connectivity index is 3.43. The highest BCUT2D eigenvalue weighted by Gasteiger charge is 2.09. The number of likely N-dealkylation sites (N-methyl/N-ethyl adjacent to an activating group) is 2. The fraction of sp³-hybridized carbons (Fsp3) is 0.882. The maximum Gasteiger partial charge on any atom is 0.407 e. The van der Waals surface area contributed by atoms with Crippen molar-refractivity contribution in [3.8, 4) is 0 Å². The van der Waals surface area contributed by atoms with E-state index in [1.807, 2.05) is 0 Å². The van der Waals surface area contributed by atoms with E-state index in [1.165, 1.54) is 0 Å². The molecule has 0 saturated carbocycles. The predicted octanol–water partition coefficient (Wildman–Crippen LogP) is 1.02. The minimum Gasteiger partial charge on any atom is -0.444 e. The van der Waals surface area contributed by atoms with Gasteiger partial charge in [-0.2, -0.15) is 0 Å². The molecule has 0 aliphatic carbocycles. The molecule has 0 fully saturated rings. The first-order valence-electron chi connectivity index (χ1n) is 8.92. The van der Waals surface area contributed by atoms with Gasteiger partial charge in [0.15, 0.2) is 0 Å². The molecule has 0 aromatic carbocycles. The first-order chi connectivity index (χ1) is 11.5. The van der Waals surface area contributed by atoms with Crippen LogP contribution in [0.15, 0.2) is 0 Å². The smallest absolute Gasteiger partial charge is 0.407 e. The number of quaternary nitrogens is 2. The second-order valence-electron chi connectivity index (χ2n) is 8.21. The summed E-state index contributed by atoms with van der Waals surface area (Å²) < 4.78 is 11.7. The summed E-state index contributed by atoms with van der Waals surface area (Å²) in [4.78, 5) is 22.9. The van der Waals surface area contributed by atoms with Gasteiger partial charge >= 0.3 is 12.2 Å². The third kappa shape index (κ3) is 18.6. The zero-order valence-electron chi connectivity index (χ0n) is 16.9. The van der Waals surface area contributed by atoms with Gasteiger partial charge in [-0.1, -0.05) is 0 Å². The Morgan fingerprint density at radius 2 is 1.04 bits per heavy atom. The van der Waals surface area contributed by atoms with Gasteiger partial charge in [0.2, 0.25) is 0 Å². The molecule has 8 heteroatoms. The number of amides is 2. The molecule has 0 aliphatic rings. The van der Waals surface area contributed by atoms with E-state index < -0.39 is 0 Å². The Kier molecular flexibility index (Phi) is 11.2. The van der Waals surface area contributed by atoms with Crippen LogP contribution in [0.2, 0.25) is 0 Å². The molecule has 0 heterocycles. The highest BCUT2D eigenvalue weighted by atomic mass is 16.6. The fourth-order valence-electron chi connectivity index (χ4n) is 1.73. The second kappa shape index (κ2) is 11.9. The van der Waals surface area contributed by atoms with Gasteiger partial charge < -0.3 is 29.1 Å². The quantitative estimate of drug-likeness (QED) is 0.401. The minimum atomic E-state index is -0.368. The van der Waals surface area contributed by atoms with Crippen LogP contribution in [0.4, 0.5) is 9.59 Å². The number of alkyl carbamates (subject to hydrolysis) is 2. The molecule has 0 radical (unpaired) electrons. The van der Waals surface area contributed by atoms with E-state index >= 15 is 0 Å². The Hall–Kier alpha value is -1.54. The van der Waals surface area contributed by atoms with Gasteiger partial charge in [-0.15, -0.1) is 0 Å². The molecule has 0 spiro atoms. The van der Waals surface area contributed by atoms with Crippen LogP contribution in [0, 0.1) is 0 Å². The van der Waals surface area contributed by atoms with Crippen molar-refractivity contribution in [2.75, 3.05) is 81.7 Å². The highest BCUT2D eigenvalue weighted by molar-refractivity contribution is 5.67. The Morgan fingerprint density at radius 3 is 1.36 bits per heavy atom. The molecule has 2 N–H and O–H groups in total. The van der Waals surface area contributed by atoms with Crippen LogP contribution in [0.25, 0.3) is 0 Å². The second-order valence-corrected chi connectivity index (χ2v) is 8.21. The van der Waals surface area contributed by atoms with E-state index in [0.29, 0.717) is 26.3 Å². The van der Waals surface area contributed by atoms with Gasteiger partial charge in [-0.3, -0.25) is 0 Å². The summed E-state index contributed by atoms with van der Waals surface area (Å²) in [5.41, 5.74) is 0. The molecule has 0 rings (SSSR count). The summed E-state index contributed by atoms with van der Waals surface area (Å²) in [6, 6.07) is 0. The topological polar surface area (TPSA) is 76.7 Å². The predicted molar refractivity (Wildman–Crippen MR) is 98.4 cm³/mol. The van der Waals surface area contributed by atoms with E-state index in [2.05, 4.69) is 52.9 Å². The summed E-state index contributed by atoms with van der Waals surface area (Å²) in [5.74, 6) is 0. The molecule has 0 aliphatic heterocycles. The molecule has 2 amide bonds. The van der Waals surface area contributed by atoms with Gasteiger partial charge in [0.25, 0.3) is 0 Å². The van der Waals surface area contributed by atoms with Crippen molar-refractivity contribution in [2.45, 2.75) is 19.3 Å². The number of carbonyl (C=O) groups excluding carboxylic acids is 2. The van der Waals surface area contributed by atoms with Crippen molar-refractivity contribution < 1.29 is 28.0 Å². The number of carbonyl (C=O) groups is 2. The summed E-state index contributed by atoms with van der Waals surface area (Å²) in [6.45, 7) is 3.55. The normalized spacial score (nSPS) is 11.8. The van der Waals surface area contributed by atoms with Crippen LogP contribution >= 0.6 is 0 Å². The third-order valence-corrected chi connectivity index (χ3v) is 3.38. The van der Waals surface area contributed by atoms with Crippen molar-refractivity contribution >= 4 is 12.2 Å². The molecule has 0 saturated heterocycles. The largest absolute Gasteiger partial charge is 0.444 e. The van der Waals surface area contributed by atoms with E-state index in [0.717, 1.165) is 41.3 Å². The average molecular weight is 363 g/mol. The molecule has 0 unspecified atom stereocenters. The number of nitrogens with zero attached hydrogens (tertiary/aromatic N) is 2. The van der Waals surface area contributed by atoms with E-state index in [1.54, 1.807) is 0 Å². The fourth-order valence-corrected chi connectivity index (χ4v) is 1.73. The Labute approximate surface area is 152 Å². The van der Waals surface area contributed by atoms with Crippen LogP contribution < -0.4 is 10.6 Å². The Morgan fingerprint density at radius 1 is 0.680 bits per heavy atom. The molecule has 0 atom stereocenters. The van der Waals surface area contributed by atoms with Gasteiger partial charge in [-0.05, 0) is 19.3 Å². The molecule has 0 aromatic rings. The number of unbranched alkanes of at least 4 members (excludes halogenated alkanes) is 2. The molecule has 0 aromatic heterocycles. The standard InChI is InChI=1S/C17H36N4O4/c1-20(2,3)12-14-24-16(22)18-10-8-7-9-11-19-17(23)25-15-13-21(4,5)6/h7-15H2,1-6H3/p+2. The first kappa shape index (κ1) is 23.5. The minimum absolute atomic E-state index is 0.368. The van der Waals surface area contributed by atoms with Gasteiger partial charge in [0.05, 0.1) is 42.3 Å². The molecule has 0 bridgehead atoms. The zero-order valence-corrected chi connectivity index (χ0v) is 16.9. The van der Waals surface area contributed by atoms with Crippen molar-refractivity contribution in [3.63, 3.8) is 0 Å². The van der Waals surface area contributed by atoms with Gasteiger partial charge in [0, 0.05) is 13.1 Å². The highest BCUT2D eigenvalue weighted by Crippen LogP contribution is 1.95. The molecular formula is C17H38N4O4+2. The molecule has 8 nitrogen and oxygen atoms in total. The van der Waals surface area contributed by atoms with Crippen LogP contribution in [-0.4, -0.2) is 103 Å². The van der Waals surface area contributed by atoms with Crippen molar-refractivity contribution in [1.29, 1.82) is 0 Å².